The molecular formula is C46H31N3O. The molecule has 0 saturated heterocycles. The van der Waals surface area contributed by atoms with Gasteiger partial charge in [-0.05, 0) is 58.5 Å². The molecule has 2 heterocycles. The normalized spacial score (nSPS) is 11.3. The molecule has 50 heavy (non-hydrogen) atoms. The molecular weight excluding hydrogens is 611 g/mol. The number of nitrogens with zero attached hydrogens (tertiary/aromatic N) is 3. The molecule has 7 aromatic carbocycles. The highest BCUT2D eigenvalue weighted by Gasteiger charge is 2.17. The van der Waals surface area contributed by atoms with Crippen LogP contribution in [0, 0.1) is 6.92 Å². The number of aryl methyl sites for hydroxylation is 1. The summed E-state index contributed by atoms with van der Waals surface area (Å²) in [5.74, 6) is 1.82. The fourth-order valence-electron chi connectivity index (χ4n) is 6.59. The maximum Gasteiger partial charge on any atom is 0.164 e. The van der Waals surface area contributed by atoms with Gasteiger partial charge < -0.3 is 4.42 Å². The average Bonchev–Trinajstić information content (AvgIpc) is 3.57. The first kappa shape index (κ1) is 29.5. The predicted octanol–water partition coefficient (Wildman–Crippen LogP) is 12.1. The Balaban J connectivity index is 1.16. The van der Waals surface area contributed by atoms with Gasteiger partial charge >= 0.3 is 0 Å². The Morgan fingerprint density at radius 2 is 0.820 bits per heavy atom. The number of aromatic nitrogens is 3. The van der Waals surface area contributed by atoms with Crippen LogP contribution < -0.4 is 0 Å². The SMILES string of the molecule is Cc1ccc(-c2cccc3oc4cc(-c5nc(-c6ccc(-c7ccccc7)cc6)nc(-c6ccc(-c7ccccc7)cc6)n5)ccc4c23)cc1. The van der Waals surface area contributed by atoms with Crippen LogP contribution in [0.2, 0.25) is 0 Å². The monoisotopic (exact) mass is 641 g/mol. The van der Waals surface area contributed by atoms with E-state index < -0.39 is 0 Å². The van der Waals surface area contributed by atoms with Gasteiger partial charge in [-0.25, -0.2) is 15.0 Å². The summed E-state index contributed by atoms with van der Waals surface area (Å²) in [5.41, 5.74) is 12.5. The molecule has 2 aromatic heterocycles. The molecule has 0 unspecified atom stereocenters. The summed E-state index contributed by atoms with van der Waals surface area (Å²) in [6.45, 7) is 2.11. The Morgan fingerprint density at radius 1 is 0.360 bits per heavy atom. The molecule has 236 valence electrons. The molecule has 0 saturated carbocycles. The first-order valence-electron chi connectivity index (χ1n) is 16.8. The van der Waals surface area contributed by atoms with Gasteiger partial charge in [-0.1, -0.05) is 157 Å². The zero-order valence-electron chi connectivity index (χ0n) is 27.4. The number of furan rings is 1. The van der Waals surface area contributed by atoms with Crippen LogP contribution in [-0.2, 0) is 0 Å². The fourth-order valence-corrected chi connectivity index (χ4v) is 6.59. The fraction of sp³-hybridized carbons (Fsp3) is 0.0217. The summed E-state index contributed by atoms with van der Waals surface area (Å²) in [7, 11) is 0. The second kappa shape index (κ2) is 12.4. The van der Waals surface area contributed by atoms with Crippen LogP contribution in [0.3, 0.4) is 0 Å². The van der Waals surface area contributed by atoms with Crippen molar-refractivity contribution in [3.05, 3.63) is 175 Å². The highest BCUT2D eigenvalue weighted by molar-refractivity contribution is 6.13. The van der Waals surface area contributed by atoms with Gasteiger partial charge in [0, 0.05) is 27.5 Å². The van der Waals surface area contributed by atoms with E-state index in [0.717, 1.165) is 60.9 Å². The van der Waals surface area contributed by atoms with Gasteiger partial charge in [0.05, 0.1) is 0 Å². The molecule has 0 atom stereocenters. The zero-order chi connectivity index (χ0) is 33.4. The Morgan fingerprint density at radius 3 is 1.38 bits per heavy atom. The van der Waals surface area contributed by atoms with Crippen molar-refractivity contribution in [2.75, 3.05) is 0 Å². The number of hydrogen-bond donors (Lipinski definition) is 0. The van der Waals surface area contributed by atoms with Crippen LogP contribution in [0.1, 0.15) is 5.56 Å². The van der Waals surface area contributed by atoms with Crippen molar-refractivity contribution in [3.63, 3.8) is 0 Å². The summed E-state index contributed by atoms with van der Waals surface area (Å²) in [4.78, 5) is 15.1. The van der Waals surface area contributed by atoms with Gasteiger partial charge in [0.15, 0.2) is 17.5 Å². The minimum Gasteiger partial charge on any atom is -0.456 e. The van der Waals surface area contributed by atoms with Crippen molar-refractivity contribution < 1.29 is 4.42 Å². The third kappa shape index (κ3) is 5.53. The van der Waals surface area contributed by atoms with Crippen LogP contribution >= 0.6 is 0 Å². The van der Waals surface area contributed by atoms with Crippen molar-refractivity contribution in [1.29, 1.82) is 0 Å². The molecule has 0 aliphatic rings. The summed E-state index contributed by atoms with van der Waals surface area (Å²) in [5, 5.41) is 2.16. The van der Waals surface area contributed by atoms with Crippen LogP contribution in [-0.4, -0.2) is 15.0 Å². The average molecular weight is 642 g/mol. The molecule has 4 heteroatoms. The lowest BCUT2D eigenvalue weighted by molar-refractivity contribution is 0.669. The third-order valence-corrected chi connectivity index (χ3v) is 9.25. The minimum atomic E-state index is 0.588. The van der Waals surface area contributed by atoms with Crippen molar-refractivity contribution in [1.82, 2.24) is 15.0 Å². The lowest BCUT2D eigenvalue weighted by Crippen LogP contribution is -2.00. The Hall–Kier alpha value is -6.65. The second-order valence-corrected chi connectivity index (χ2v) is 12.6. The summed E-state index contributed by atoms with van der Waals surface area (Å²) in [6.07, 6.45) is 0. The molecule has 4 nitrogen and oxygen atoms in total. The van der Waals surface area contributed by atoms with Crippen molar-refractivity contribution in [2.45, 2.75) is 6.92 Å². The van der Waals surface area contributed by atoms with E-state index in [1.807, 2.05) is 24.3 Å². The lowest BCUT2D eigenvalue weighted by Gasteiger charge is -2.10. The van der Waals surface area contributed by atoms with E-state index in [1.54, 1.807) is 0 Å². The predicted molar refractivity (Wildman–Crippen MR) is 204 cm³/mol. The van der Waals surface area contributed by atoms with E-state index in [-0.39, 0.29) is 0 Å². The number of fused-ring (bicyclic) bond motifs is 3. The Bertz CT molecular complexity index is 2510. The van der Waals surface area contributed by atoms with E-state index >= 15 is 0 Å². The molecule has 0 radical (unpaired) electrons. The molecule has 9 rings (SSSR count). The summed E-state index contributed by atoms with van der Waals surface area (Å²) < 4.78 is 6.47. The molecule has 0 aliphatic carbocycles. The molecule has 0 bridgehead atoms. The van der Waals surface area contributed by atoms with Crippen LogP contribution in [0.25, 0.3) is 89.5 Å². The maximum absolute atomic E-state index is 6.47. The van der Waals surface area contributed by atoms with E-state index in [2.05, 4.69) is 153 Å². The highest BCUT2D eigenvalue weighted by atomic mass is 16.3. The van der Waals surface area contributed by atoms with Gasteiger partial charge in [-0.2, -0.15) is 0 Å². The summed E-state index contributed by atoms with van der Waals surface area (Å²) >= 11 is 0. The number of benzene rings is 7. The largest absolute Gasteiger partial charge is 0.456 e. The number of rotatable bonds is 6. The molecule has 9 aromatic rings. The van der Waals surface area contributed by atoms with Gasteiger partial charge in [-0.15, -0.1) is 0 Å². The highest BCUT2D eigenvalue weighted by Crippen LogP contribution is 2.38. The molecule has 0 fully saturated rings. The van der Waals surface area contributed by atoms with Crippen molar-refractivity contribution in [2.24, 2.45) is 0 Å². The summed E-state index contributed by atoms with van der Waals surface area (Å²) in [6, 6.07) is 58.7. The maximum atomic E-state index is 6.47. The van der Waals surface area contributed by atoms with Gasteiger partial charge in [0.2, 0.25) is 0 Å². The molecule has 0 amide bonds. The van der Waals surface area contributed by atoms with Crippen LogP contribution in [0.15, 0.2) is 174 Å². The minimum absolute atomic E-state index is 0.588. The first-order chi connectivity index (χ1) is 24.7. The van der Waals surface area contributed by atoms with Crippen LogP contribution in [0.4, 0.5) is 0 Å². The van der Waals surface area contributed by atoms with E-state index in [4.69, 9.17) is 19.4 Å². The van der Waals surface area contributed by atoms with Gasteiger partial charge in [0.25, 0.3) is 0 Å². The van der Waals surface area contributed by atoms with Gasteiger partial charge in [-0.3, -0.25) is 0 Å². The second-order valence-electron chi connectivity index (χ2n) is 12.6. The quantitative estimate of drug-likeness (QED) is 0.181. The molecule has 0 aliphatic heterocycles. The standard InChI is InChI=1S/C46H31N3O/c1-30-15-17-35(18-16-30)39-13-8-14-41-43(39)40-28-27-38(29-42(40)50-41)46-48-44(36-23-19-33(20-24-36)31-9-4-2-5-10-31)47-45(49-46)37-25-21-34(22-26-37)32-11-6-3-7-12-32/h2-29H,1H3. The third-order valence-electron chi connectivity index (χ3n) is 9.25. The van der Waals surface area contributed by atoms with Crippen molar-refractivity contribution in [3.8, 4) is 67.5 Å². The topological polar surface area (TPSA) is 51.8 Å². The Labute approximate surface area is 290 Å². The van der Waals surface area contributed by atoms with E-state index in [9.17, 15) is 0 Å². The van der Waals surface area contributed by atoms with E-state index in [1.165, 1.54) is 16.7 Å². The molecule has 0 N–H and O–H groups in total. The van der Waals surface area contributed by atoms with Gasteiger partial charge in [0.1, 0.15) is 11.2 Å². The Kier molecular flexibility index (Phi) is 7.33. The zero-order valence-corrected chi connectivity index (χ0v) is 27.4. The van der Waals surface area contributed by atoms with Crippen LogP contribution in [0.5, 0.6) is 0 Å². The lowest BCUT2D eigenvalue weighted by atomic mass is 9.98. The van der Waals surface area contributed by atoms with E-state index in [0.29, 0.717) is 17.5 Å². The molecule has 0 spiro atoms. The first-order valence-corrected chi connectivity index (χ1v) is 16.8. The van der Waals surface area contributed by atoms with Crippen molar-refractivity contribution >= 4 is 21.9 Å². The number of hydrogen-bond acceptors (Lipinski definition) is 4. The smallest absolute Gasteiger partial charge is 0.164 e.